The normalized spacial score (nSPS) is 10.5. The fourth-order valence-electron chi connectivity index (χ4n) is 0.958. The number of hydrogen-bond acceptors (Lipinski definition) is 2. The Bertz CT molecular complexity index is 353. The minimum atomic E-state index is 1.08. The first kappa shape index (κ1) is 5.80. The van der Waals surface area contributed by atoms with Crippen LogP contribution in [0, 0.1) is 0 Å². The molecule has 2 aromatic heterocycles. The zero-order valence-corrected chi connectivity index (χ0v) is 6.43. The van der Waals surface area contributed by atoms with E-state index in [9.17, 15) is 0 Å². The Morgan fingerprint density at radius 3 is 3.30 bits per heavy atom. The molecular weight excluding hydrogens is 144 g/mol. The number of rotatable bonds is 0. The molecule has 0 N–H and O–H groups in total. The van der Waals surface area contributed by atoms with Crippen molar-refractivity contribution in [3.05, 3.63) is 23.8 Å². The van der Waals surface area contributed by atoms with E-state index in [1.54, 1.807) is 11.3 Å². The van der Waals surface area contributed by atoms with Crippen LogP contribution in [0.15, 0.2) is 23.8 Å². The molecule has 0 aliphatic carbocycles. The fraction of sp³-hybridized carbons (Fsp3) is 0.143. The van der Waals surface area contributed by atoms with Crippen molar-refractivity contribution >= 4 is 21.7 Å². The van der Waals surface area contributed by atoms with Gasteiger partial charge in [-0.1, -0.05) is 11.3 Å². The number of nitrogens with zero attached hydrogens (tertiary/aromatic N) is 2. The highest BCUT2D eigenvalue weighted by molar-refractivity contribution is 7.15. The van der Waals surface area contributed by atoms with Gasteiger partial charge in [-0.2, -0.15) is 4.57 Å². The van der Waals surface area contributed by atoms with Gasteiger partial charge in [-0.3, -0.25) is 0 Å². The van der Waals surface area contributed by atoms with E-state index < -0.39 is 0 Å². The first-order chi connectivity index (χ1) is 4.88. The first-order valence-corrected chi connectivity index (χ1v) is 3.94. The lowest BCUT2D eigenvalue weighted by Crippen LogP contribution is -2.26. The van der Waals surface area contributed by atoms with Crippen molar-refractivity contribution in [1.29, 1.82) is 0 Å². The van der Waals surface area contributed by atoms with Crippen LogP contribution in [-0.4, -0.2) is 4.98 Å². The average Bonchev–Trinajstić information content (AvgIpc) is 2.36. The van der Waals surface area contributed by atoms with Gasteiger partial charge in [0, 0.05) is 6.07 Å². The number of hydrogen-bond donors (Lipinski definition) is 0. The predicted octanol–water partition coefficient (Wildman–Crippen LogP) is 1.12. The van der Waals surface area contributed by atoms with Gasteiger partial charge >= 0.3 is 0 Å². The monoisotopic (exact) mass is 151 g/mol. The molecule has 2 nitrogen and oxygen atoms in total. The van der Waals surface area contributed by atoms with Crippen LogP contribution in [0.4, 0.5) is 0 Å². The Kier molecular flexibility index (Phi) is 1.17. The van der Waals surface area contributed by atoms with Crippen LogP contribution in [0.1, 0.15) is 0 Å². The second kappa shape index (κ2) is 2.02. The van der Waals surface area contributed by atoms with Gasteiger partial charge in [-0.05, 0) is 6.07 Å². The number of pyridine rings is 1. The molecule has 3 heteroatoms. The van der Waals surface area contributed by atoms with Crippen molar-refractivity contribution in [2.75, 3.05) is 0 Å². The van der Waals surface area contributed by atoms with Gasteiger partial charge in [-0.15, -0.1) is 0 Å². The molecule has 0 saturated carbocycles. The van der Waals surface area contributed by atoms with Crippen molar-refractivity contribution in [3.8, 4) is 0 Å². The maximum Gasteiger partial charge on any atom is 0.288 e. The number of aromatic nitrogens is 2. The van der Waals surface area contributed by atoms with E-state index in [2.05, 4.69) is 9.55 Å². The molecule has 0 amide bonds. The third kappa shape index (κ3) is 0.708. The molecule has 50 valence electrons. The molecule has 2 heterocycles. The lowest BCUT2D eigenvalue weighted by Gasteiger charge is -1.84. The summed E-state index contributed by atoms with van der Waals surface area (Å²) in [6.45, 7) is 0. The smallest absolute Gasteiger partial charge is 0.238 e. The second-order valence-corrected chi connectivity index (χ2v) is 3.00. The molecule has 0 bridgehead atoms. The van der Waals surface area contributed by atoms with Crippen LogP contribution < -0.4 is 4.57 Å². The van der Waals surface area contributed by atoms with E-state index in [1.807, 2.05) is 30.9 Å². The highest BCUT2D eigenvalue weighted by Crippen LogP contribution is 2.10. The summed E-state index contributed by atoms with van der Waals surface area (Å²) in [5.74, 6) is 0. The van der Waals surface area contributed by atoms with Crippen molar-refractivity contribution in [2.24, 2.45) is 7.05 Å². The summed E-state index contributed by atoms with van der Waals surface area (Å²) in [7, 11) is 2.03. The van der Waals surface area contributed by atoms with Crippen molar-refractivity contribution < 1.29 is 4.57 Å². The van der Waals surface area contributed by atoms with Gasteiger partial charge in [0.25, 0.3) is 4.83 Å². The molecule has 0 aliphatic rings. The summed E-state index contributed by atoms with van der Waals surface area (Å²) in [6.07, 6.45) is 2.03. The fourth-order valence-corrected chi connectivity index (χ4v) is 1.69. The molecule has 0 radical (unpaired) electrons. The molecule has 2 rings (SSSR count). The first-order valence-electron chi connectivity index (χ1n) is 3.06. The van der Waals surface area contributed by atoms with Crippen molar-refractivity contribution in [1.82, 2.24) is 4.98 Å². The minimum absolute atomic E-state index is 1.08. The summed E-state index contributed by atoms with van der Waals surface area (Å²) in [5.41, 5.74) is 2.94. The quantitative estimate of drug-likeness (QED) is 0.515. The standard InChI is InChI=1S/C7H7N2S/c1-9-4-2-3-6-7(9)10-5-8-6/h2-5H,1H3/q+1. The van der Waals surface area contributed by atoms with Crippen LogP contribution in [0.5, 0.6) is 0 Å². The molecule has 0 saturated heterocycles. The third-order valence-electron chi connectivity index (χ3n) is 1.46. The highest BCUT2D eigenvalue weighted by atomic mass is 32.1. The summed E-state index contributed by atoms with van der Waals surface area (Å²) in [6, 6.07) is 4.02. The van der Waals surface area contributed by atoms with E-state index in [1.165, 1.54) is 4.83 Å². The van der Waals surface area contributed by atoms with Gasteiger partial charge in [0.2, 0.25) is 0 Å². The van der Waals surface area contributed by atoms with E-state index >= 15 is 0 Å². The van der Waals surface area contributed by atoms with Gasteiger partial charge in [0.15, 0.2) is 6.20 Å². The van der Waals surface area contributed by atoms with Gasteiger partial charge in [0.1, 0.15) is 12.6 Å². The molecular formula is C7H7N2S+. The predicted molar refractivity (Wildman–Crippen MR) is 40.8 cm³/mol. The molecule has 0 aliphatic heterocycles. The highest BCUT2D eigenvalue weighted by Gasteiger charge is 2.03. The molecule has 0 aromatic carbocycles. The minimum Gasteiger partial charge on any atom is -0.238 e. The lowest BCUT2D eigenvalue weighted by atomic mass is 10.4. The van der Waals surface area contributed by atoms with Crippen molar-refractivity contribution in [3.63, 3.8) is 0 Å². The van der Waals surface area contributed by atoms with Gasteiger partial charge < -0.3 is 0 Å². The number of fused-ring (bicyclic) bond motifs is 1. The summed E-state index contributed by atoms with van der Waals surface area (Å²) < 4.78 is 2.08. The Balaban J connectivity index is 2.95. The molecule has 0 fully saturated rings. The zero-order chi connectivity index (χ0) is 6.97. The van der Waals surface area contributed by atoms with Gasteiger partial charge in [0.05, 0.1) is 5.51 Å². The van der Waals surface area contributed by atoms with Crippen molar-refractivity contribution in [2.45, 2.75) is 0 Å². The van der Waals surface area contributed by atoms with Crippen LogP contribution in [0.3, 0.4) is 0 Å². The summed E-state index contributed by atoms with van der Waals surface area (Å²) in [4.78, 5) is 5.40. The Hall–Kier alpha value is -0.960. The second-order valence-electron chi connectivity index (χ2n) is 2.16. The molecule has 0 spiro atoms. The maximum absolute atomic E-state index is 4.18. The molecule has 10 heavy (non-hydrogen) atoms. The van der Waals surface area contributed by atoms with Gasteiger partial charge in [-0.25, -0.2) is 4.98 Å². The van der Waals surface area contributed by atoms with Crippen LogP contribution >= 0.6 is 11.3 Å². The lowest BCUT2D eigenvalue weighted by molar-refractivity contribution is -0.642. The Morgan fingerprint density at radius 1 is 1.60 bits per heavy atom. The van der Waals surface area contributed by atoms with E-state index in [-0.39, 0.29) is 0 Å². The average molecular weight is 151 g/mol. The maximum atomic E-state index is 4.18. The summed E-state index contributed by atoms with van der Waals surface area (Å²) >= 11 is 1.67. The summed E-state index contributed by atoms with van der Waals surface area (Å²) in [5, 5.41) is 0. The molecule has 0 unspecified atom stereocenters. The number of thiazole rings is 1. The van der Waals surface area contributed by atoms with Crippen LogP contribution in [0.25, 0.3) is 10.3 Å². The van der Waals surface area contributed by atoms with Crippen LogP contribution in [-0.2, 0) is 7.05 Å². The SMILES string of the molecule is C[n+]1cccc2ncsc21. The van der Waals surface area contributed by atoms with Crippen LogP contribution in [0.2, 0.25) is 0 Å². The Morgan fingerprint density at radius 2 is 2.50 bits per heavy atom. The number of aryl methyl sites for hydroxylation is 1. The third-order valence-corrected chi connectivity index (χ3v) is 2.39. The van der Waals surface area contributed by atoms with E-state index in [4.69, 9.17) is 0 Å². The zero-order valence-electron chi connectivity index (χ0n) is 5.61. The molecule has 2 aromatic rings. The Labute approximate surface area is 62.8 Å². The molecule has 0 atom stereocenters. The van der Waals surface area contributed by atoms with E-state index in [0.717, 1.165) is 5.52 Å². The largest absolute Gasteiger partial charge is 0.288 e. The van der Waals surface area contributed by atoms with E-state index in [0.29, 0.717) is 0 Å². The topological polar surface area (TPSA) is 16.8 Å².